The van der Waals surface area contributed by atoms with Gasteiger partial charge in [-0.2, -0.15) is 0 Å². The second-order valence-corrected chi connectivity index (χ2v) is 5.82. The number of benzene rings is 2. The molecule has 2 N–H and O–H groups in total. The minimum atomic E-state index is 0. The zero-order valence-corrected chi connectivity index (χ0v) is 14.7. The van der Waals surface area contributed by atoms with E-state index in [9.17, 15) is 0 Å². The molecule has 2 nitrogen and oxygen atoms in total. The van der Waals surface area contributed by atoms with E-state index in [1.807, 2.05) is 0 Å². The van der Waals surface area contributed by atoms with Gasteiger partial charge in [-0.1, -0.05) is 24.3 Å². The van der Waals surface area contributed by atoms with Crippen LogP contribution in [0.4, 0.5) is 0 Å². The van der Waals surface area contributed by atoms with Crippen molar-refractivity contribution in [2.24, 2.45) is 0 Å². The Morgan fingerprint density at radius 1 is 0.667 bits per heavy atom. The van der Waals surface area contributed by atoms with E-state index in [-0.39, 0.29) is 28.6 Å². The van der Waals surface area contributed by atoms with Gasteiger partial charge in [-0.15, -0.1) is 8.39 Å². The summed E-state index contributed by atoms with van der Waals surface area (Å²) in [6, 6.07) is 13.0. The zero-order valence-electron chi connectivity index (χ0n) is 10.4. The van der Waals surface area contributed by atoms with Crippen LogP contribution in [0.2, 0.25) is 0 Å². The normalized spacial score (nSPS) is 8.76. The minimum Gasteiger partial charge on any atom is -0.508 e. The monoisotopic (exact) mass is 401 g/mol. The maximum Gasteiger partial charge on any atom is 2.00 e. The number of aromatic hydroxyl groups is 2. The van der Waals surface area contributed by atoms with Crippen molar-refractivity contribution in [3.63, 3.8) is 0 Å². The molecule has 1 radical (unpaired) electrons. The molecule has 0 bridgehead atoms. The molecule has 0 aliphatic rings. The van der Waals surface area contributed by atoms with Crippen molar-refractivity contribution in [3.8, 4) is 11.5 Å². The first kappa shape index (κ1) is 20.2. The standard InChI is InChI=1S/2C7H6OS2.Cu/c2*8-6-3-1-5(2-4-6)7(9)10;/h2*1-4,8H,(H,9,10);/q;;+2/p-2. The molecule has 0 amide bonds. The second kappa shape index (κ2) is 10.00. The van der Waals surface area contributed by atoms with E-state index in [0.717, 1.165) is 11.1 Å². The number of hydrogen-bond donors (Lipinski definition) is 2. The molecule has 0 aromatic heterocycles. The zero-order chi connectivity index (χ0) is 15.1. The fourth-order valence-electron chi connectivity index (χ4n) is 1.20. The van der Waals surface area contributed by atoms with Crippen LogP contribution in [0.1, 0.15) is 11.1 Å². The molecule has 2 rings (SSSR count). The van der Waals surface area contributed by atoms with E-state index >= 15 is 0 Å². The van der Waals surface area contributed by atoms with Crippen molar-refractivity contribution in [2.75, 3.05) is 0 Å². The van der Waals surface area contributed by atoms with Gasteiger partial charge in [0.15, 0.2) is 0 Å². The fourth-order valence-corrected chi connectivity index (χ4v) is 1.74. The van der Waals surface area contributed by atoms with E-state index in [1.165, 1.54) is 0 Å². The van der Waals surface area contributed by atoms with Crippen LogP contribution in [0, 0.1) is 0 Å². The van der Waals surface area contributed by atoms with E-state index in [2.05, 4.69) is 0 Å². The average Bonchev–Trinajstić information content (AvgIpc) is 2.40. The average molecular weight is 402 g/mol. The van der Waals surface area contributed by atoms with Crippen LogP contribution >= 0.6 is 24.4 Å². The summed E-state index contributed by atoms with van der Waals surface area (Å²) in [6.45, 7) is 0. The van der Waals surface area contributed by atoms with Gasteiger partial charge in [-0.25, -0.2) is 0 Å². The largest absolute Gasteiger partial charge is 2.00 e. The van der Waals surface area contributed by atoms with E-state index in [0.29, 0.717) is 8.39 Å². The number of thiocarbonyl (C=S) groups is 2. The molecule has 0 heterocycles. The molecule has 0 spiro atoms. The Labute approximate surface area is 155 Å². The quantitative estimate of drug-likeness (QED) is 0.457. The third kappa shape index (κ3) is 7.66. The predicted molar refractivity (Wildman–Crippen MR) is 94.3 cm³/mol. The molecule has 2 aromatic carbocycles. The van der Waals surface area contributed by atoms with Crippen LogP contribution in [-0.4, -0.2) is 18.6 Å². The molecule has 0 unspecified atom stereocenters. The fraction of sp³-hybridized carbons (Fsp3) is 0. The second-order valence-electron chi connectivity index (χ2n) is 3.67. The third-order valence-electron chi connectivity index (χ3n) is 2.21. The van der Waals surface area contributed by atoms with Crippen LogP contribution in [0.5, 0.6) is 11.5 Å². The number of phenolic OH excluding ortho intramolecular Hbond substituents is 2. The van der Waals surface area contributed by atoms with Crippen molar-refractivity contribution in [1.29, 1.82) is 0 Å². The van der Waals surface area contributed by atoms with Gasteiger partial charge in [0.2, 0.25) is 0 Å². The molecular weight excluding hydrogens is 392 g/mol. The summed E-state index contributed by atoms with van der Waals surface area (Å²) in [5.41, 5.74) is 1.62. The summed E-state index contributed by atoms with van der Waals surface area (Å²) in [6.07, 6.45) is 0. The Morgan fingerprint density at radius 3 is 1.10 bits per heavy atom. The molecule has 0 aliphatic heterocycles. The van der Waals surface area contributed by atoms with E-state index in [1.54, 1.807) is 48.5 Å². The first-order valence-corrected chi connectivity index (χ1v) is 7.04. The molecule has 0 aliphatic carbocycles. The van der Waals surface area contributed by atoms with Gasteiger partial charge < -0.3 is 59.9 Å². The SMILES string of the molecule is Oc1ccc(C(=S)[S-])cc1.Oc1ccc(C(=S)[S-])cc1.[Cu+2]. The molecular formula is C14H10CuO2S4. The van der Waals surface area contributed by atoms with Gasteiger partial charge in [0.05, 0.1) is 0 Å². The Hall–Kier alpha value is -0.821. The molecule has 21 heavy (non-hydrogen) atoms. The van der Waals surface area contributed by atoms with Crippen molar-refractivity contribution in [2.45, 2.75) is 0 Å². The van der Waals surface area contributed by atoms with Crippen LogP contribution < -0.4 is 0 Å². The van der Waals surface area contributed by atoms with E-state index < -0.39 is 0 Å². The summed E-state index contributed by atoms with van der Waals surface area (Å²) in [5.74, 6) is 0.463. The van der Waals surface area contributed by atoms with Crippen LogP contribution in [0.25, 0.3) is 0 Å². The topological polar surface area (TPSA) is 40.5 Å². The predicted octanol–water partition coefficient (Wildman–Crippen LogP) is 3.23. The molecule has 0 saturated carbocycles. The molecule has 2 aromatic rings. The van der Waals surface area contributed by atoms with Crippen LogP contribution in [0.3, 0.4) is 0 Å². The smallest absolute Gasteiger partial charge is 0.508 e. The number of rotatable bonds is 2. The van der Waals surface area contributed by atoms with Crippen molar-refractivity contribution in [3.05, 3.63) is 59.7 Å². The first-order valence-electron chi connectivity index (χ1n) is 5.41. The first-order chi connectivity index (χ1) is 9.40. The molecule has 113 valence electrons. The van der Waals surface area contributed by atoms with Crippen LogP contribution in [-0.2, 0) is 42.3 Å². The van der Waals surface area contributed by atoms with Gasteiger partial charge in [0, 0.05) is 0 Å². The van der Waals surface area contributed by atoms with Gasteiger partial charge in [-0.05, 0) is 35.4 Å². The minimum absolute atomic E-state index is 0. The summed E-state index contributed by atoms with van der Waals surface area (Å²) in [4.78, 5) is 0. The summed E-state index contributed by atoms with van der Waals surface area (Å²) >= 11 is 19.0. The summed E-state index contributed by atoms with van der Waals surface area (Å²) in [5, 5.41) is 17.7. The molecule has 0 atom stereocenters. The van der Waals surface area contributed by atoms with Gasteiger partial charge in [0.25, 0.3) is 0 Å². The van der Waals surface area contributed by atoms with Gasteiger partial charge in [-0.3, -0.25) is 0 Å². The Morgan fingerprint density at radius 2 is 0.905 bits per heavy atom. The van der Waals surface area contributed by atoms with Gasteiger partial charge in [0.1, 0.15) is 11.5 Å². The summed E-state index contributed by atoms with van der Waals surface area (Å²) in [7, 11) is 0. The van der Waals surface area contributed by atoms with Crippen molar-refractivity contribution >= 4 is 58.1 Å². The number of phenols is 2. The number of hydrogen-bond acceptors (Lipinski definition) is 6. The Bertz CT molecular complexity index is 542. The Kier molecular flexibility index (Phi) is 9.61. The molecule has 0 saturated heterocycles. The van der Waals surface area contributed by atoms with Crippen molar-refractivity contribution in [1.82, 2.24) is 0 Å². The van der Waals surface area contributed by atoms with E-state index in [4.69, 9.17) is 59.9 Å². The van der Waals surface area contributed by atoms with Gasteiger partial charge >= 0.3 is 17.1 Å². The summed E-state index contributed by atoms with van der Waals surface area (Å²) < 4.78 is 0.861. The Balaban J connectivity index is 0.000000364. The maximum atomic E-state index is 8.86. The third-order valence-corrected chi connectivity index (χ3v) is 3.15. The van der Waals surface area contributed by atoms with Crippen LogP contribution in [0.15, 0.2) is 48.5 Å². The maximum absolute atomic E-state index is 8.86. The van der Waals surface area contributed by atoms with Crippen molar-refractivity contribution < 1.29 is 27.3 Å². The molecule has 7 heteroatoms. The molecule has 0 fully saturated rings.